The molecule has 3 N–H and O–H groups in total. The lowest BCUT2D eigenvalue weighted by Gasteiger charge is -2.23. The summed E-state index contributed by atoms with van der Waals surface area (Å²) in [5.74, 6) is 0.876. The van der Waals surface area contributed by atoms with Crippen molar-refractivity contribution in [1.29, 1.82) is 0 Å². The molecule has 0 saturated heterocycles. The predicted octanol–water partition coefficient (Wildman–Crippen LogP) is 3.50. The van der Waals surface area contributed by atoms with E-state index in [2.05, 4.69) is 53.5 Å². The zero-order chi connectivity index (χ0) is 15.2. The Morgan fingerprint density at radius 1 is 1.38 bits per heavy atom. The van der Waals surface area contributed by atoms with Crippen molar-refractivity contribution in [2.45, 2.75) is 26.8 Å². The molecule has 2 aromatic rings. The lowest BCUT2D eigenvalue weighted by molar-refractivity contribution is 0.242. The van der Waals surface area contributed by atoms with Gasteiger partial charge in [0, 0.05) is 30.8 Å². The Labute approximate surface area is 129 Å². The molecule has 5 heteroatoms. The van der Waals surface area contributed by atoms with Crippen molar-refractivity contribution >= 4 is 27.3 Å². The van der Waals surface area contributed by atoms with Gasteiger partial charge in [0.15, 0.2) is 0 Å². The van der Waals surface area contributed by atoms with Crippen LogP contribution < -0.4 is 5.73 Å². The summed E-state index contributed by atoms with van der Waals surface area (Å²) in [4.78, 5) is 2.37. The van der Waals surface area contributed by atoms with Crippen molar-refractivity contribution in [1.82, 2.24) is 4.90 Å². The van der Waals surface area contributed by atoms with Crippen LogP contribution in [0.3, 0.4) is 0 Å². The summed E-state index contributed by atoms with van der Waals surface area (Å²) in [5, 5.41) is 15.3. The van der Waals surface area contributed by atoms with Gasteiger partial charge in [-0.1, -0.05) is 37.2 Å². The number of oxime groups is 1. The molecule has 0 aliphatic heterocycles. The molecule has 0 amide bonds. The van der Waals surface area contributed by atoms with Crippen molar-refractivity contribution in [2.75, 3.05) is 13.1 Å². The Morgan fingerprint density at radius 3 is 2.86 bits per heavy atom. The zero-order valence-corrected chi connectivity index (χ0v) is 13.4. The Bertz CT molecular complexity index is 606. The second kappa shape index (κ2) is 7.43. The highest BCUT2D eigenvalue weighted by Crippen LogP contribution is 2.26. The van der Waals surface area contributed by atoms with Crippen molar-refractivity contribution in [3.63, 3.8) is 0 Å². The first-order valence-electron chi connectivity index (χ1n) is 7.24. The summed E-state index contributed by atoms with van der Waals surface area (Å²) in [6.45, 7) is 7.13. The van der Waals surface area contributed by atoms with Crippen LogP contribution in [0.5, 0.6) is 0 Å². The quantitative estimate of drug-likeness (QED) is 0.356. The van der Waals surface area contributed by atoms with Gasteiger partial charge < -0.3 is 10.9 Å². The molecule has 0 bridgehead atoms. The molecule has 0 saturated carbocycles. The third kappa shape index (κ3) is 4.44. The average molecular weight is 305 g/mol. The van der Waals surface area contributed by atoms with Crippen LogP contribution in [-0.4, -0.2) is 29.0 Å². The van der Waals surface area contributed by atoms with Crippen LogP contribution in [0, 0.1) is 5.92 Å². The summed E-state index contributed by atoms with van der Waals surface area (Å²) in [6.07, 6.45) is 0.589. The Hall–Kier alpha value is -1.59. The molecule has 0 radical (unpaired) electrons. The van der Waals surface area contributed by atoms with Crippen LogP contribution in [0.15, 0.2) is 34.8 Å². The smallest absolute Gasteiger partial charge is 0.140 e. The summed E-state index contributed by atoms with van der Waals surface area (Å²) in [6, 6.07) is 8.50. The first-order chi connectivity index (χ1) is 10.1. The van der Waals surface area contributed by atoms with Gasteiger partial charge in [-0.15, -0.1) is 11.3 Å². The summed E-state index contributed by atoms with van der Waals surface area (Å²) in [7, 11) is 0. The number of rotatable bonds is 7. The molecule has 114 valence electrons. The first kappa shape index (κ1) is 15.8. The molecule has 0 aliphatic carbocycles. The normalized spacial score (nSPS) is 12.7. The van der Waals surface area contributed by atoms with Gasteiger partial charge in [0.25, 0.3) is 0 Å². The molecule has 4 nitrogen and oxygen atoms in total. The second-order valence-electron chi connectivity index (χ2n) is 5.73. The highest BCUT2D eigenvalue weighted by molar-refractivity contribution is 7.17. The molecule has 0 atom stereocenters. The Balaban J connectivity index is 2.10. The zero-order valence-electron chi connectivity index (χ0n) is 12.6. The molecular weight excluding hydrogens is 282 g/mol. The van der Waals surface area contributed by atoms with Gasteiger partial charge in [-0.2, -0.15) is 0 Å². The minimum Gasteiger partial charge on any atom is -0.409 e. The number of hydrogen-bond donors (Lipinski definition) is 2. The maximum Gasteiger partial charge on any atom is 0.140 e. The van der Waals surface area contributed by atoms with Gasteiger partial charge in [-0.25, -0.2) is 0 Å². The SMILES string of the molecule is CC(C)CN(CCC(N)=NO)Cc1csc2ccccc12. The largest absolute Gasteiger partial charge is 0.409 e. The Kier molecular flexibility index (Phi) is 5.59. The molecule has 0 aliphatic rings. The van der Waals surface area contributed by atoms with E-state index in [4.69, 9.17) is 10.9 Å². The molecule has 21 heavy (non-hydrogen) atoms. The molecule has 1 aromatic carbocycles. The van der Waals surface area contributed by atoms with Crippen LogP contribution >= 0.6 is 11.3 Å². The number of fused-ring (bicyclic) bond motifs is 1. The van der Waals surface area contributed by atoms with Crippen molar-refractivity contribution in [3.8, 4) is 0 Å². The number of thiophene rings is 1. The fourth-order valence-electron chi connectivity index (χ4n) is 2.47. The average Bonchev–Trinajstić information content (AvgIpc) is 2.87. The summed E-state index contributed by atoms with van der Waals surface area (Å²) in [5.41, 5.74) is 6.95. The van der Waals surface area contributed by atoms with E-state index in [-0.39, 0.29) is 0 Å². The lowest BCUT2D eigenvalue weighted by atomic mass is 10.1. The van der Waals surface area contributed by atoms with E-state index >= 15 is 0 Å². The minimum absolute atomic E-state index is 0.291. The molecule has 0 spiro atoms. The van der Waals surface area contributed by atoms with Crippen LogP contribution in [0.4, 0.5) is 0 Å². The number of nitrogens with two attached hydrogens (primary N) is 1. The third-order valence-corrected chi connectivity index (χ3v) is 4.40. The van der Waals surface area contributed by atoms with E-state index < -0.39 is 0 Å². The van der Waals surface area contributed by atoms with Gasteiger partial charge in [-0.05, 0) is 28.3 Å². The monoisotopic (exact) mass is 305 g/mol. The van der Waals surface area contributed by atoms with Crippen LogP contribution in [0.2, 0.25) is 0 Å². The fourth-order valence-corrected chi connectivity index (χ4v) is 3.42. The van der Waals surface area contributed by atoms with Gasteiger partial charge >= 0.3 is 0 Å². The molecule has 0 unspecified atom stereocenters. The fraction of sp³-hybridized carbons (Fsp3) is 0.438. The molecule has 1 heterocycles. The van der Waals surface area contributed by atoms with Gasteiger partial charge in [-0.3, -0.25) is 4.90 Å². The van der Waals surface area contributed by atoms with Gasteiger partial charge in [0.1, 0.15) is 5.84 Å². The molecule has 1 aromatic heterocycles. The highest BCUT2D eigenvalue weighted by atomic mass is 32.1. The van der Waals surface area contributed by atoms with E-state index in [1.165, 1.54) is 15.6 Å². The van der Waals surface area contributed by atoms with E-state index in [0.717, 1.165) is 19.6 Å². The van der Waals surface area contributed by atoms with Crippen LogP contribution in [0.1, 0.15) is 25.8 Å². The number of nitrogens with zero attached hydrogens (tertiary/aromatic N) is 2. The van der Waals surface area contributed by atoms with Crippen molar-refractivity contribution < 1.29 is 5.21 Å². The van der Waals surface area contributed by atoms with Gasteiger partial charge in [0.2, 0.25) is 0 Å². The molecule has 2 rings (SSSR count). The van der Waals surface area contributed by atoms with E-state index in [1.807, 2.05) is 0 Å². The summed E-state index contributed by atoms with van der Waals surface area (Å²) < 4.78 is 1.33. The molecular formula is C16H23N3OS. The Morgan fingerprint density at radius 2 is 2.14 bits per heavy atom. The van der Waals surface area contributed by atoms with E-state index in [9.17, 15) is 0 Å². The third-order valence-electron chi connectivity index (χ3n) is 3.39. The van der Waals surface area contributed by atoms with E-state index in [0.29, 0.717) is 18.2 Å². The number of benzene rings is 1. The lowest BCUT2D eigenvalue weighted by Crippen LogP contribution is -2.31. The first-order valence-corrected chi connectivity index (χ1v) is 8.12. The minimum atomic E-state index is 0.291. The topological polar surface area (TPSA) is 61.8 Å². The number of amidine groups is 1. The standard InChI is InChI=1S/C16H23N3OS/c1-12(2)9-19(8-7-16(17)18-20)10-13-11-21-15-6-4-3-5-14(13)15/h3-6,11-12,20H,7-10H2,1-2H3,(H2,17,18). The maximum atomic E-state index is 8.67. The van der Waals surface area contributed by atoms with Crippen LogP contribution in [0.25, 0.3) is 10.1 Å². The van der Waals surface area contributed by atoms with E-state index in [1.54, 1.807) is 11.3 Å². The van der Waals surface area contributed by atoms with Crippen molar-refractivity contribution in [3.05, 3.63) is 35.2 Å². The highest BCUT2D eigenvalue weighted by Gasteiger charge is 2.12. The summed E-state index contributed by atoms with van der Waals surface area (Å²) >= 11 is 1.79. The number of hydrogen-bond acceptors (Lipinski definition) is 4. The molecule has 0 fully saturated rings. The van der Waals surface area contributed by atoms with Gasteiger partial charge in [0.05, 0.1) is 0 Å². The second-order valence-corrected chi connectivity index (χ2v) is 6.64. The van der Waals surface area contributed by atoms with Crippen molar-refractivity contribution in [2.24, 2.45) is 16.8 Å². The predicted molar refractivity (Wildman–Crippen MR) is 90.0 cm³/mol. The maximum absolute atomic E-state index is 8.67. The van der Waals surface area contributed by atoms with Crippen LogP contribution in [-0.2, 0) is 6.54 Å².